The van der Waals surface area contributed by atoms with Crippen LogP contribution in [0.25, 0.3) is 0 Å². The van der Waals surface area contributed by atoms with Gasteiger partial charge in [-0.2, -0.15) is 5.26 Å². The molecule has 0 heterocycles. The first kappa shape index (κ1) is 13.2. The average molecular weight is 281 g/mol. The highest BCUT2D eigenvalue weighted by Gasteiger charge is 2.15. The van der Waals surface area contributed by atoms with Crippen molar-refractivity contribution in [1.82, 2.24) is 5.32 Å². The molecule has 0 fully saturated rings. The van der Waals surface area contributed by atoms with Crippen molar-refractivity contribution in [3.63, 3.8) is 0 Å². The minimum absolute atomic E-state index is 0.229. The Morgan fingerprint density at radius 1 is 1.31 bits per heavy atom. The summed E-state index contributed by atoms with van der Waals surface area (Å²) in [5.41, 5.74) is 1.03. The molecule has 1 aromatic carbocycles. The molecule has 1 rings (SSSR count). The Morgan fingerprint density at radius 3 is 2.50 bits per heavy atom. The van der Waals surface area contributed by atoms with Crippen molar-refractivity contribution in [3.8, 4) is 6.07 Å². The van der Waals surface area contributed by atoms with E-state index in [9.17, 15) is 0 Å². The minimum atomic E-state index is -0.229. The number of nitrogens with zero attached hydrogens (tertiary/aromatic N) is 1. The van der Waals surface area contributed by atoms with Crippen molar-refractivity contribution in [3.05, 3.63) is 34.3 Å². The monoisotopic (exact) mass is 280 g/mol. The fourth-order valence-corrected chi connectivity index (χ4v) is 1.56. The van der Waals surface area contributed by atoms with Crippen molar-refractivity contribution in [2.45, 2.75) is 26.8 Å². The van der Waals surface area contributed by atoms with Gasteiger partial charge in [-0.3, -0.25) is 0 Å². The highest BCUT2D eigenvalue weighted by Crippen LogP contribution is 2.17. The molecule has 2 nitrogen and oxygen atoms in total. The van der Waals surface area contributed by atoms with E-state index in [2.05, 4.69) is 39.4 Å². The van der Waals surface area contributed by atoms with Crippen molar-refractivity contribution >= 4 is 15.9 Å². The van der Waals surface area contributed by atoms with E-state index in [0.717, 1.165) is 24.0 Å². The third kappa shape index (κ3) is 4.78. The van der Waals surface area contributed by atoms with Crippen molar-refractivity contribution < 1.29 is 0 Å². The third-order valence-electron chi connectivity index (χ3n) is 2.47. The number of rotatable bonds is 5. The summed E-state index contributed by atoms with van der Waals surface area (Å²) in [6, 6.07) is 10.6. The van der Waals surface area contributed by atoms with E-state index >= 15 is 0 Å². The zero-order valence-electron chi connectivity index (χ0n) is 9.76. The standard InChI is InChI=1S/C13H17BrN2/c1-13(2,10-15)7-8-16-9-11-3-5-12(14)6-4-11/h3-6,16H,7-9H2,1-2H3. The fraction of sp³-hybridized carbons (Fsp3) is 0.462. The van der Waals surface area contributed by atoms with E-state index in [-0.39, 0.29) is 5.41 Å². The van der Waals surface area contributed by atoms with Crippen LogP contribution >= 0.6 is 15.9 Å². The second-order valence-electron chi connectivity index (χ2n) is 4.55. The summed E-state index contributed by atoms with van der Waals surface area (Å²) in [7, 11) is 0. The van der Waals surface area contributed by atoms with E-state index in [0.29, 0.717) is 0 Å². The maximum Gasteiger partial charge on any atom is 0.0684 e. The summed E-state index contributed by atoms with van der Waals surface area (Å²) in [5, 5.41) is 12.2. The first-order chi connectivity index (χ1) is 7.53. The highest BCUT2D eigenvalue weighted by molar-refractivity contribution is 9.10. The zero-order valence-corrected chi connectivity index (χ0v) is 11.3. The number of hydrogen-bond donors (Lipinski definition) is 1. The third-order valence-corrected chi connectivity index (χ3v) is 3.00. The molecular weight excluding hydrogens is 264 g/mol. The molecule has 1 aromatic rings. The van der Waals surface area contributed by atoms with Gasteiger partial charge in [0.25, 0.3) is 0 Å². The molecule has 0 amide bonds. The van der Waals surface area contributed by atoms with Crippen LogP contribution in [0.5, 0.6) is 0 Å². The van der Waals surface area contributed by atoms with E-state index in [1.54, 1.807) is 0 Å². The largest absolute Gasteiger partial charge is 0.313 e. The fourth-order valence-electron chi connectivity index (χ4n) is 1.29. The van der Waals surface area contributed by atoms with Crippen molar-refractivity contribution in [2.75, 3.05) is 6.54 Å². The highest BCUT2D eigenvalue weighted by atomic mass is 79.9. The summed E-state index contributed by atoms with van der Waals surface area (Å²) >= 11 is 3.41. The molecule has 0 aromatic heterocycles. The van der Waals surface area contributed by atoms with Gasteiger partial charge in [0, 0.05) is 11.0 Å². The first-order valence-corrected chi connectivity index (χ1v) is 6.19. The topological polar surface area (TPSA) is 35.8 Å². The van der Waals surface area contributed by atoms with Crippen LogP contribution in [0.3, 0.4) is 0 Å². The molecule has 0 bridgehead atoms. The van der Waals surface area contributed by atoms with Crippen LogP contribution in [-0.4, -0.2) is 6.54 Å². The van der Waals surface area contributed by atoms with Crippen LogP contribution in [-0.2, 0) is 6.54 Å². The van der Waals surface area contributed by atoms with Gasteiger partial charge in [-0.15, -0.1) is 0 Å². The van der Waals surface area contributed by atoms with Gasteiger partial charge >= 0.3 is 0 Å². The second-order valence-corrected chi connectivity index (χ2v) is 5.46. The van der Waals surface area contributed by atoms with Gasteiger partial charge < -0.3 is 5.32 Å². The molecule has 16 heavy (non-hydrogen) atoms. The van der Waals surface area contributed by atoms with Crippen LogP contribution in [0.1, 0.15) is 25.8 Å². The van der Waals surface area contributed by atoms with Crippen LogP contribution in [0, 0.1) is 16.7 Å². The number of hydrogen-bond acceptors (Lipinski definition) is 2. The molecule has 0 saturated carbocycles. The van der Waals surface area contributed by atoms with Crippen LogP contribution in [0.2, 0.25) is 0 Å². The quantitative estimate of drug-likeness (QED) is 0.839. The molecule has 0 aliphatic carbocycles. The average Bonchev–Trinajstić information content (AvgIpc) is 2.27. The summed E-state index contributed by atoms with van der Waals surface area (Å²) in [6.07, 6.45) is 0.875. The number of nitriles is 1. The SMILES string of the molecule is CC(C)(C#N)CCNCc1ccc(Br)cc1. The first-order valence-electron chi connectivity index (χ1n) is 5.40. The number of benzene rings is 1. The molecule has 0 radical (unpaired) electrons. The lowest BCUT2D eigenvalue weighted by molar-refractivity contribution is 0.432. The molecule has 0 atom stereocenters. The van der Waals surface area contributed by atoms with Gasteiger partial charge in [-0.05, 0) is 44.5 Å². The molecule has 0 aliphatic rings. The predicted octanol–water partition coefficient (Wildman–Crippen LogP) is 3.48. The molecule has 3 heteroatoms. The Balaban J connectivity index is 2.27. The predicted molar refractivity (Wildman–Crippen MR) is 69.9 cm³/mol. The van der Waals surface area contributed by atoms with Gasteiger partial charge in [-0.1, -0.05) is 28.1 Å². The molecule has 1 N–H and O–H groups in total. The Kier molecular flexibility index (Phi) is 4.98. The lowest BCUT2D eigenvalue weighted by Gasteiger charge is -2.15. The van der Waals surface area contributed by atoms with Crippen LogP contribution in [0.15, 0.2) is 28.7 Å². The Hall–Kier alpha value is -0.850. The molecule has 0 unspecified atom stereocenters. The normalized spacial score (nSPS) is 11.1. The van der Waals surface area contributed by atoms with Crippen LogP contribution in [0.4, 0.5) is 0 Å². The number of nitrogens with one attached hydrogen (secondary N) is 1. The van der Waals surface area contributed by atoms with E-state index in [1.165, 1.54) is 5.56 Å². The molecule has 86 valence electrons. The smallest absolute Gasteiger partial charge is 0.0684 e. The Morgan fingerprint density at radius 2 is 1.94 bits per heavy atom. The maximum absolute atomic E-state index is 8.86. The number of halogens is 1. The molecular formula is C13H17BrN2. The van der Waals surface area contributed by atoms with E-state index in [1.807, 2.05) is 26.0 Å². The zero-order chi connectivity index (χ0) is 12.0. The van der Waals surface area contributed by atoms with Gasteiger partial charge in [-0.25, -0.2) is 0 Å². The van der Waals surface area contributed by atoms with Gasteiger partial charge in [0.15, 0.2) is 0 Å². The van der Waals surface area contributed by atoms with Gasteiger partial charge in [0.1, 0.15) is 0 Å². The van der Waals surface area contributed by atoms with E-state index < -0.39 is 0 Å². The van der Waals surface area contributed by atoms with Crippen molar-refractivity contribution in [1.29, 1.82) is 5.26 Å². The summed E-state index contributed by atoms with van der Waals surface area (Å²) in [5.74, 6) is 0. The van der Waals surface area contributed by atoms with Crippen molar-refractivity contribution in [2.24, 2.45) is 5.41 Å². The molecule has 0 saturated heterocycles. The Labute approximate surface area is 106 Å². The summed E-state index contributed by atoms with van der Waals surface area (Å²) < 4.78 is 1.10. The lowest BCUT2D eigenvalue weighted by Crippen LogP contribution is -2.21. The van der Waals surface area contributed by atoms with Crippen LogP contribution < -0.4 is 5.32 Å². The second kappa shape index (κ2) is 6.03. The molecule has 0 aliphatic heterocycles. The summed E-state index contributed by atoms with van der Waals surface area (Å²) in [6.45, 7) is 5.66. The van der Waals surface area contributed by atoms with E-state index in [4.69, 9.17) is 5.26 Å². The summed E-state index contributed by atoms with van der Waals surface area (Å²) in [4.78, 5) is 0. The van der Waals surface area contributed by atoms with Gasteiger partial charge in [0.05, 0.1) is 11.5 Å². The maximum atomic E-state index is 8.86. The minimum Gasteiger partial charge on any atom is -0.313 e. The van der Waals surface area contributed by atoms with Gasteiger partial charge in [0.2, 0.25) is 0 Å². The lowest BCUT2D eigenvalue weighted by atomic mass is 9.91. The Bertz CT molecular complexity index is 363. The molecule has 0 spiro atoms.